The molecule has 0 unspecified atom stereocenters. The first-order valence-electron chi connectivity index (χ1n) is 10.4. The zero-order valence-electron chi connectivity index (χ0n) is 18.4. The maximum absolute atomic E-state index is 5.99. The number of aromatic nitrogens is 1. The van der Waals surface area contributed by atoms with Crippen molar-refractivity contribution in [3.05, 3.63) is 78.5 Å². The Kier molecular flexibility index (Phi) is 7.47. The van der Waals surface area contributed by atoms with E-state index in [0.717, 1.165) is 28.8 Å². The molecule has 0 aliphatic carbocycles. The lowest BCUT2D eigenvalue weighted by Gasteiger charge is -2.19. The standard InChI is InChI=1S/C25H30N4OS/c1-5-14-26-24(31)28-27-17-19-18-29(23-9-7-6-8-22(19)23)15-16-30-21-12-10-20(11-13-21)25(2,3)4/h5-13,17-18H,1,14-16H2,2-4H3,(H2,26,28,31)/b27-17+. The third-order valence-electron chi connectivity index (χ3n) is 4.92. The molecule has 0 saturated heterocycles. The van der Waals surface area contributed by atoms with Crippen molar-refractivity contribution in [3.8, 4) is 5.75 Å². The molecule has 2 aromatic carbocycles. The highest BCUT2D eigenvalue weighted by Crippen LogP contribution is 2.24. The second-order valence-corrected chi connectivity index (χ2v) is 8.69. The first-order valence-corrected chi connectivity index (χ1v) is 10.8. The topological polar surface area (TPSA) is 50.6 Å². The molecular formula is C25H30N4OS. The number of rotatable bonds is 8. The van der Waals surface area contributed by atoms with Crippen LogP contribution in [0.2, 0.25) is 0 Å². The lowest BCUT2D eigenvalue weighted by atomic mass is 9.87. The van der Waals surface area contributed by atoms with Crippen LogP contribution in [0.4, 0.5) is 0 Å². The van der Waals surface area contributed by atoms with Gasteiger partial charge in [-0.25, -0.2) is 0 Å². The van der Waals surface area contributed by atoms with Gasteiger partial charge in [-0.1, -0.05) is 57.2 Å². The average molecular weight is 435 g/mol. The summed E-state index contributed by atoms with van der Waals surface area (Å²) in [6, 6.07) is 16.6. The van der Waals surface area contributed by atoms with Gasteiger partial charge in [-0.2, -0.15) is 5.10 Å². The number of ether oxygens (including phenoxy) is 1. The molecule has 0 amide bonds. The minimum Gasteiger partial charge on any atom is -0.492 e. The fourth-order valence-electron chi connectivity index (χ4n) is 3.24. The van der Waals surface area contributed by atoms with E-state index in [1.165, 1.54) is 5.56 Å². The third-order valence-corrected chi connectivity index (χ3v) is 5.15. The number of fused-ring (bicyclic) bond motifs is 1. The van der Waals surface area contributed by atoms with Crippen LogP contribution in [0.25, 0.3) is 10.9 Å². The second-order valence-electron chi connectivity index (χ2n) is 8.29. The molecule has 0 fully saturated rings. The summed E-state index contributed by atoms with van der Waals surface area (Å²) in [5, 5.41) is 8.83. The van der Waals surface area contributed by atoms with Crippen LogP contribution in [-0.2, 0) is 12.0 Å². The van der Waals surface area contributed by atoms with Gasteiger partial charge >= 0.3 is 0 Å². The van der Waals surface area contributed by atoms with Crippen molar-refractivity contribution in [2.45, 2.75) is 32.7 Å². The van der Waals surface area contributed by atoms with Crippen molar-refractivity contribution in [1.29, 1.82) is 0 Å². The molecule has 0 spiro atoms. The number of hydrogen-bond acceptors (Lipinski definition) is 3. The van der Waals surface area contributed by atoms with Crippen molar-refractivity contribution < 1.29 is 4.74 Å². The van der Waals surface area contributed by atoms with Crippen molar-refractivity contribution in [1.82, 2.24) is 15.3 Å². The van der Waals surface area contributed by atoms with Gasteiger partial charge in [0.2, 0.25) is 0 Å². The van der Waals surface area contributed by atoms with Crippen molar-refractivity contribution in [3.63, 3.8) is 0 Å². The van der Waals surface area contributed by atoms with E-state index < -0.39 is 0 Å². The molecule has 3 aromatic rings. The number of hydrogen-bond donors (Lipinski definition) is 2. The van der Waals surface area contributed by atoms with Crippen LogP contribution >= 0.6 is 12.2 Å². The second kappa shape index (κ2) is 10.3. The van der Waals surface area contributed by atoms with E-state index in [-0.39, 0.29) is 5.41 Å². The molecule has 2 N–H and O–H groups in total. The molecule has 0 aliphatic heterocycles. The Morgan fingerprint density at radius 2 is 1.90 bits per heavy atom. The normalized spacial score (nSPS) is 11.6. The highest BCUT2D eigenvalue weighted by Gasteiger charge is 2.13. The van der Waals surface area contributed by atoms with Crippen LogP contribution in [0.1, 0.15) is 31.9 Å². The van der Waals surface area contributed by atoms with E-state index in [2.05, 4.69) is 78.2 Å². The van der Waals surface area contributed by atoms with Crippen LogP contribution in [0.15, 0.2) is 72.5 Å². The first-order chi connectivity index (χ1) is 14.9. The zero-order valence-corrected chi connectivity index (χ0v) is 19.2. The Balaban J connectivity index is 1.64. The molecule has 162 valence electrons. The van der Waals surface area contributed by atoms with E-state index in [1.807, 2.05) is 24.3 Å². The predicted molar refractivity (Wildman–Crippen MR) is 134 cm³/mol. The fourth-order valence-corrected chi connectivity index (χ4v) is 3.38. The maximum atomic E-state index is 5.99. The Morgan fingerprint density at radius 1 is 1.16 bits per heavy atom. The molecular weight excluding hydrogens is 404 g/mol. The Morgan fingerprint density at radius 3 is 2.61 bits per heavy atom. The summed E-state index contributed by atoms with van der Waals surface area (Å²) in [5.74, 6) is 0.885. The SMILES string of the molecule is C=CCNC(=S)N/N=C/c1cn(CCOc2ccc(C(C)(C)C)cc2)c2ccccc12. The number of benzene rings is 2. The monoisotopic (exact) mass is 434 g/mol. The molecule has 0 radical (unpaired) electrons. The first kappa shape index (κ1) is 22.6. The van der Waals surface area contributed by atoms with Gasteiger partial charge in [0.1, 0.15) is 12.4 Å². The summed E-state index contributed by atoms with van der Waals surface area (Å²) in [5.41, 5.74) is 6.43. The number of nitrogens with zero attached hydrogens (tertiary/aromatic N) is 2. The fraction of sp³-hybridized carbons (Fsp3) is 0.280. The van der Waals surface area contributed by atoms with E-state index >= 15 is 0 Å². The van der Waals surface area contributed by atoms with Gasteiger partial charge in [-0.05, 0) is 41.4 Å². The van der Waals surface area contributed by atoms with Gasteiger partial charge in [0.15, 0.2) is 5.11 Å². The molecule has 5 nitrogen and oxygen atoms in total. The molecule has 0 bridgehead atoms. The molecule has 0 aliphatic rings. The van der Waals surface area contributed by atoms with E-state index in [0.29, 0.717) is 18.3 Å². The van der Waals surface area contributed by atoms with Crippen LogP contribution < -0.4 is 15.5 Å². The van der Waals surface area contributed by atoms with Crippen LogP contribution in [0.3, 0.4) is 0 Å². The van der Waals surface area contributed by atoms with Crippen molar-refractivity contribution in [2.24, 2.45) is 5.10 Å². The van der Waals surface area contributed by atoms with E-state index in [4.69, 9.17) is 17.0 Å². The maximum Gasteiger partial charge on any atom is 0.187 e. The Hall–Kier alpha value is -3.12. The van der Waals surface area contributed by atoms with Crippen LogP contribution in [0.5, 0.6) is 5.75 Å². The highest BCUT2D eigenvalue weighted by molar-refractivity contribution is 7.80. The quantitative estimate of drug-likeness (QED) is 0.227. The molecule has 0 saturated carbocycles. The van der Waals surface area contributed by atoms with Gasteiger partial charge in [0, 0.05) is 29.2 Å². The molecule has 6 heteroatoms. The van der Waals surface area contributed by atoms with Crippen molar-refractivity contribution in [2.75, 3.05) is 13.2 Å². The van der Waals surface area contributed by atoms with Gasteiger partial charge < -0.3 is 14.6 Å². The summed E-state index contributed by atoms with van der Waals surface area (Å²) >= 11 is 5.16. The molecule has 1 heterocycles. The van der Waals surface area contributed by atoms with Gasteiger partial charge in [-0.3, -0.25) is 5.43 Å². The average Bonchev–Trinajstić information content (AvgIpc) is 3.10. The number of nitrogens with one attached hydrogen (secondary N) is 2. The predicted octanol–water partition coefficient (Wildman–Crippen LogP) is 5.00. The van der Waals surface area contributed by atoms with Crippen LogP contribution in [-0.4, -0.2) is 29.0 Å². The summed E-state index contributed by atoms with van der Waals surface area (Å²) in [7, 11) is 0. The van der Waals surface area contributed by atoms with Gasteiger partial charge in [0.25, 0.3) is 0 Å². The lowest BCUT2D eigenvalue weighted by molar-refractivity contribution is 0.300. The van der Waals surface area contributed by atoms with Gasteiger partial charge in [-0.15, -0.1) is 6.58 Å². The Labute approximate surface area is 189 Å². The minimum atomic E-state index is 0.140. The highest BCUT2D eigenvalue weighted by atomic mass is 32.1. The summed E-state index contributed by atoms with van der Waals surface area (Å²) < 4.78 is 8.17. The van der Waals surface area contributed by atoms with Gasteiger partial charge in [0.05, 0.1) is 12.8 Å². The number of thiocarbonyl (C=S) groups is 1. The minimum absolute atomic E-state index is 0.140. The zero-order chi connectivity index (χ0) is 22.3. The molecule has 3 rings (SSSR count). The summed E-state index contributed by atoms with van der Waals surface area (Å²) in [6.45, 7) is 12.2. The van der Waals surface area contributed by atoms with Crippen molar-refractivity contribution >= 4 is 34.4 Å². The van der Waals surface area contributed by atoms with E-state index in [9.17, 15) is 0 Å². The van der Waals surface area contributed by atoms with Crippen LogP contribution in [0, 0.1) is 0 Å². The molecule has 0 atom stereocenters. The Bertz CT molecular complexity index is 1060. The summed E-state index contributed by atoms with van der Waals surface area (Å²) in [4.78, 5) is 0. The molecule has 1 aromatic heterocycles. The van der Waals surface area contributed by atoms with E-state index in [1.54, 1.807) is 12.3 Å². The summed E-state index contributed by atoms with van der Waals surface area (Å²) in [6.07, 6.45) is 5.61. The number of para-hydroxylation sites is 1. The third kappa shape index (κ3) is 6.18. The molecule has 31 heavy (non-hydrogen) atoms. The lowest BCUT2D eigenvalue weighted by Crippen LogP contribution is -2.31. The largest absolute Gasteiger partial charge is 0.492 e. The smallest absolute Gasteiger partial charge is 0.187 e. The number of hydrazone groups is 1.